The predicted molar refractivity (Wildman–Crippen MR) is 53.5 cm³/mol. The largest absolute Gasteiger partial charge is 0.358 e. The molecule has 0 bridgehead atoms. The summed E-state index contributed by atoms with van der Waals surface area (Å²) in [5.74, 6) is 0.897. The molecule has 0 radical (unpaired) electrons. The predicted octanol–water partition coefficient (Wildman–Crippen LogP) is 2.29. The Bertz CT molecular complexity index is 173. The average molecular weight is 183 g/mol. The summed E-state index contributed by atoms with van der Waals surface area (Å²) < 4.78 is 6.05. The third-order valence-corrected chi connectivity index (χ3v) is 3.51. The summed E-state index contributed by atoms with van der Waals surface area (Å²) >= 11 is 0. The van der Waals surface area contributed by atoms with Crippen molar-refractivity contribution in [3.63, 3.8) is 0 Å². The van der Waals surface area contributed by atoms with Gasteiger partial charge in [0.2, 0.25) is 0 Å². The summed E-state index contributed by atoms with van der Waals surface area (Å²) in [6.45, 7) is 5.68. The second-order valence-electron chi connectivity index (χ2n) is 4.82. The quantitative estimate of drug-likeness (QED) is 0.622. The number of ether oxygens (including phenoxy) is 1. The fraction of sp³-hybridized carbons (Fsp3) is 1.00. The van der Waals surface area contributed by atoms with Crippen molar-refractivity contribution in [3.05, 3.63) is 0 Å². The highest BCUT2D eigenvalue weighted by atomic mass is 16.5. The normalized spacial score (nSPS) is 46.6. The van der Waals surface area contributed by atoms with Gasteiger partial charge in [0, 0.05) is 6.54 Å². The molecule has 1 saturated heterocycles. The summed E-state index contributed by atoms with van der Waals surface area (Å²) in [4.78, 5) is 0. The summed E-state index contributed by atoms with van der Waals surface area (Å²) in [6, 6.07) is 0. The van der Waals surface area contributed by atoms with Crippen LogP contribution in [0.25, 0.3) is 0 Å². The lowest BCUT2D eigenvalue weighted by molar-refractivity contribution is -0.157. The lowest BCUT2D eigenvalue weighted by Gasteiger charge is -2.45. The molecule has 2 rings (SSSR count). The second kappa shape index (κ2) is 3.58. The molecule has 2 aliphatic rings. The van der Waals surface area contributed by atoms with Crippen LogP contribution in [0.15, 0.2) is 0 Å². The van der Waals surface area contributed by atoms with Crippen molar-refractivity contribution in [1.29, 1.82) is 0 Å². The monoisotopic (exact) mass is 183 g/mol. The molecule has 1 atom stereocenters. The highest BCUT2D eigenvalue weighted by Gasteiger charge is 2.38. The van der Waals surface area contributed by atoms with Crippen LogP contribution in [-0.2, 0) is 4.74 Å². The molecule has 13 heavy (non-hydrogen) atoms. The molecular formula is C11H21NO. The van der Waals surface area contributed by atoms with Gasteiger partial charge in [0.1, 0.15) is 5.72 Å². The molecule has 1 aliphatic carbocycles. The van der Waals surface area contributed by atoms with Gasteiger partial charge in [-0.25, -0.2) is 0 Å². The van der Waals surface area contributed by atoms with E-state index in [9.17, 15) is 0 Å². The van der Waals surface area contributed by atoms with Gasteiger partial charge in [-0.2, -0.15) is 0 Å². The molecule has 2 fully saturated rings. The molecule has 0 aromatic heterocycles. The molecule has 1 aliphatic heterocycles. The van der Waals surface area contributed by atoms with E-state index < -0.39 is 0 Å². The fourth-order valence-corrected chi connectivity index (χ4v) is 2.51. The van der Waals surface area contributed by atoms with E-state index in [1.165, 1.54) is 25.7 Å². The maximum atomic E-state index is 6.05. The highest BCUT2D eigenvalue weighted by Crippen LogP contribution is 2.35. The van der Waals surface area contributed by atoms with Crippen molar-refractivity contribution in [3.8, 4) is 0 Å². The van der Waals surface area contributed by atoms with Crippen LogP contribution in [0.4, 0.5) is 0 Å². The van der Waals surface area contributed by atoms with Crippen LogP contribution < -0.4 is 5.32 Å². The van der Waals surface area contributed by atoms with Gasteiger partial charge in [-0.15, -0.1) is 0 Å². The molecular weight excluding hydrogens is 162 g/mol. The van der Waals surface area contributed by atoms with Gasteiger partial charge in [0.25, 0.3) is 0 Å². The first-order valence-electron chi connectivity index (χ1n) is 5.63. The van der Waals surface area contributed by atoms with Crippen LogP contribution in [-0.4, -0.2) is 18.4 Å². The Morgan fingerprint density at radius 1 is 1.15 bits per heavy atom. The molecule has 0 aromatic carbocycles. The fourth-order valence-electron chi connectivity index (χ4n) is 2.51. The Hall–Kier alpha value is -0.0800. The van der Waals surface area contributed by atoms with E-state index in [2.05, 4.69) is 19.2 Å². The van der Waals surface area contributed by atoms with E-state index in [0.29, 0.717) is 6.10 Å². The molecule has 1 unspecified atom stereocenters. The van der Waals surface area contributed by atoms with Crippen LogP contribution in [0.3, 0.4) is 0 Å². The van der Waals surface area contributed by atoms with E-state index in [-0.39, 0.29) is 5.72 Å². The average Bonchev–Trinajstić information content (AvgIpc) is 2.11. The zero-order chi connectivity index (χ0) is 9.31. The van der Waals surface area contributed by atoms with Crippen LogP contribution in [0.5, 0.6) is 0 Å². The Balaban J connectivity index is 1.95. The van der Waals surface area contributed by atoms with Gasteiger partial charge in [-0.3, -0.25) is 5.32 Å². The van der Waals surface area contributed by atoms with Crippen molar-refractivity contribution in [2.75, 3.05) is 6.54 Å². The van der Waals surface area contributed by atoms with E-state index in [4.69, 9.17) is 4.74 Å². The topological polar surface area (TPSA) is 21.3 Å². The van der Waals surface area contributed by atoms with Gasteiger partial charge < -0.3 is 4.74 Å². The van der Waals surface area contributed by atoms with Gasteiger partial charge in [0.15, 0.2) is 0 Å². The Morgan fingerprint density at radius 2 is 1.85 bits per heavy atom. The lowest BCUT2D eigenvalue weighted by Crippen LogP contribution is -2.55. The first-order valence-corrected chi connectivity index (χ1v) is 5.63. The third kappa shape index (κ3) is 2.05. The summed E-state index contributed by atoms with van der Waals surface area (Å²) in [6.07, 6.45) is 6.67. The zero-order valence-corrected chi connectivity index (χ0v) is 8.81. The van der Waals surface area contributed by atoms with Crippen LogP contribution >= 0.6 is 0 Å². The van der Waals surface area contributed by atoms with Crippen molar-refractivity contribution in [2.24, 2.45) is 5.92 Å². The van der Waals surface area contributed by atoms with Gasteiger partial charge in [0.05, 0.1) is 6.10 Å². The molecule has 2 nitrogen and oxygen atoms in total. The molecule has 1 spiro atoms. The Labute approximate surface area is 81.0 Å². The summed E-state index contributed by atoms with van der Waals surface area (Å²) in [5.41, 5.74) is 0.0597. The molecule has 0 aromatic rings. The standard InChI is InChI=1S/C11H21NO/c1-9-3-6-11(7-4-9)12-8-5-10(2)13-11/h9-10,12H,3-8H2,1-2H3. The SMILES string of the molecule is CC1CCC2(CC1)NCCC(C)O2. The second-order valence-corrected chi connectivity index (χ2v) is 4.82. The van der Waals surface area contributed by atoms with Crippen LogP contribution in [0.2, 0.25) is 0 Å². The molecule has 0 amide bonds. The van der Waals surface area contributed by atoms with Crippen molar-refractivity contribution in [1.82, 2.24) is 5.32 Å². The Kier molecular flexibility index (Phi) is 2.61. The highest BCUT2D eigenvalue weighted by molar-refractivity contribution is 4.87. The van der Waals surface area contributed by atoms with Gasteiger partial charge in [-0.1, -0.05) is 6.92 Å². The number of hydrogen-bond donors (Lipinski definition) is 1. The first-order chi connectivity index (χ1) is 6.20. The van der Waals surface area contributed by atoms with Crippen molar-refractivity contribution < 1.29 is 4.74 Å². The zero-order valence-electron chi connectivity index (χ0n) is 8.81. The number of hydrogen-bond acceptors (Lipinski definition) is 2. The Morgan fingerprint density at radius 3 is 2.46 bits per heavy atom. The van der Waals surface area contributed by atoms with Crippen LogP contribution in [0.1, 0.15) is 46.0 Å². The maximum absolute atomic E-state index is 6.05. The molecule has 1 N–H and O–H groups in total. The lowest BCUT2D eigenvalue weighted by atomic mass is 9.83. The van der Waals surface area contributed by atoms with Gasteiger partial charge >= 0.3 is 0 Å². The van der Waals surface area contributed by atoms with Crippen LogP contribution in [0, 0.1) is 5.92 Å². The maximum Gasteiger partial charge on any atom is 0.119 e. The van der Waals surface area contributed by atoms with Crippen molar-refractivity contribution in [2.45, 2.75) is 57.8 Å². The minimum absolute atomic E-state index is 0.0597. The molecule has 1 heterocycles. The smallest absolute Gasteiger partial charge is 0.119 e. The first kappa shape index (κ1) is 9.47. The molecule has 2 heteroatoms. The van der Waals surface area contributed by atoms with Gasteiger partial charge in [-0.05, 0) is 44.9 Å². The third-order valence-electron chi connectivity index (χ3n) is 3.51. The van der Waals surface area contributed by atoms with E-state index in [0.717, 1.165) is 18.9 Å². The summed E-state index contributed by atoms with van der Waals surface area (Å²) in [5, 5.41) is 3.56. The summed E-state index contributed by atoms with van der Waals surface area (Å²) in [7, 11) is 0. The number of rotatable bonds is 0. The molecule has 76 valence electrons. The number of nitrogens with one attached hydrogen (secondary N) is 1. The van der Waals surface area contributed by atoms with Crippen molar-refractivity contribution >= 4 is 0 Å². The minimum Gasteiger partial charge on any atom is -0.358 e. The minimum atomic E-state index is 0.0597. The van der Waals surface area contributed by atoms with E-state index in [1.54, 1.807) is 0 Å². The van der Waals surface area contributed by atoms with E-state index >= 15 is 0 Å². The molecule has 1 saturated carbocycles. The van der Waals surface area contributed by atoms with E-state index in [1.807, 2.05) is 0 Å².